The number of ether oxygens (including phenoxy) is 1. The molecule has 2 atom stereocenters. The maximum absolute atomic E-state index is 12.4. The number of nitro benzene ring substituents is 1. The van der Waals surface area contributed by atoms with Gasteiger partial charge in [0.05, 0.1) is 28.8 Å². The molecule has 0 radical (unpaired) electrons. The molecule has 0 unspecified atom stereocenters. The molecule has 1 aliphatic heterocycles. The summed E-state index contributed by atoms with van der Waals surface area (Å²) in [7, 11) is 0. The molecule has 1 saturated heterocycles. The predicted octanol–water partition coefficient (Wildman–Crippen LogP) is 3.80. The summed E-state index contributed by atoms with van der Waals surface area (Å²) in [4.78, 5) is 29.5. The Hall–Kier alpha value is -2.93. The molecule has 0 amide bonds. The van der Waals surface area contributed by atoms with Crippen molar-refractivity contribution in [2.75, 3.05) is 11.7 Å². The Balaban J connectivity index is 2.06. The Morgan fingerprint density at radius 1 is 1.27 bits per heavy atom. The first-order valence-electron chi connectivity index (χ1n) is 8.40. The topological polar surface area (TPSA) is 81.9 Å². The van der Waals surface area contributed by atoms with Gasteiger partial charge in [-0.15, -0.1) is 0 Å². The Morgan fingerprint density at radius 3 is 2.58 bits per heavy atom. The van der Waals surface area contributed by atoms with Gasteiger partial charge < -0.3 is 4.74 Å². The van der Waals surface area contributed by atoms with Crippen LogP contribution in [-0.4, -0.2) is 23.1 Å². The van der Waals surface area contributed by atoms with Crippen molar-refractivity contribution < 1.29 is 19.3 Å². The molecule has 0 spiro atoms. The molecule has 2 aromatic carbocycles. The molecule has 1 aliphatic rings. The molecule has 0 aromatic heterocycles. The Kier molecular flexibility index (Phi) is 4.90. The number of carbonyl (C=O) groups is 1. The molecule has 0 aliphatic carbocycles. The van der Waals surface area contributed by atoms with Crippen LogP contribution in [0.3, 0.4) is 0 Å². The number of nitro groups is 1. The smallest absolute Gasteiger partial charge is 0.340 e. The summed E-state index contributed by atoms with van der Waals surface area (Å²) in [5.74, 6) is -0.484. The van der Waals surface area contributed by atoms with Crippen molar-refractivity contribution in [2.24, 2.45) is 0 Å². The summed E-state index contributed by atoms with van der Waals surface area (Å²) in [6.45, 7) is 3.61. The first-order valence-corrected chi connectivity index (χ1v) is 8.40. The van der Waals surface area contributed by atoms with Gasteiger partial charge in [0.25, 0.3) is 5.69 Å². The van der Waals surface area contributed by atoms with E-state index in [4.69, 9.17) is 9.57 Å². The summed E-state index contributed by atoms with van der Waals surface area (Å²) in [5, 5.41) is 13.0. The van der Waals surface area contributed by atoms with Gasteiger partial charge >= 0.3 is 5.97 Å². The minimum Gasteiger partial charge on any atom is -0.464 e. The second-order valence-electron chi connectivity index (χ2n) is 6.24. The van der Waals surface area contributed by atoms with Gasteiger partial charge in [0.15, 0.2) is 5.60 Å². The first-order chi connectivity index (χ1) is 12.5. The van der Waals surface area contributed by atoms with Crippen LogP contribution in [0.1, 0.15) is 31.9 Å². The van der Waals surface area contributed by atoms with E-state index in [1.807, 2.05) is 30.3 Å². The number of hydroxylamine groups is 1. The quantitative estimate of drug-likeness (QED) is 0.460. The van der Waals surface area contributed by atoms with Gasteiger partial charge in [-0.2, -0.15) is 0 Å². The Morgan fingerprint density at radius 2 is 1.92 bits per heavy atom. The molecule has 0 N–H and O–H groups in total. The van der Waals surface area contributed by atoms with Gasteiger partial charge in [-0.25, -0.2) is 9.86 Å². The molecule has 1 fully saturated rings. The number of anilines is 1. The van der Waals surface area contributed by atoms with Gasteiger partial charge in [0, 0.05) is 12.5 Å². The van der Waals surface area contributed by atoms with Gasteiger partial charge in [0.2, 0.25) is 0 Å². The monoisotopic (exact) mass is 356 g/mol. The molecule has 7 nitrogen and oxygen atoms in total. The van der Waals surface area contributed by atoms with Crippen LogP contribution in [0, 0.1) is 10.1 Å². The lowest BCUT2D eigenvalue weighted by Gasteiger charge is -2.26. The minimum atomic E-state index is -1.22. The average molecular weight is 356 g/mol. The fourth-order valence-corrected chi connectivity index (χ4v) is 3.15. The minimum absolute atomic E-state index is 0.00450. The van der Waals surface area contributed by atoms with Gasteiger partial charge in [-0.3, -0.25) is 15.0 Å². The first kappa shape index (κ1) is 17.9. The van der Waals surface area contributed by atoms with Crippen molar-refractivity contribution in [1.82, 2.24) is 0 Å². The SMILES string of the molecule is CCOC(=O)[C@]1(C)C[C@H](c2ccccc2[N+](=O)[O-])N(c2ccccc2)O1. The molecule has 7 heteroatoms. The van der Waals surface area contributed by atoms with Crippen molar-refractivity contribution in [2.45, 2.75) is 31.9 Å². The number of nitrogens with zero attached hydrogens (tertiary/aromatic N) is 2. The van der Waals surface area contributed by atoms with E-state index in [0.717, 1.165) is 0 Å². The third-order valence-electron chi connectivity index (χ3n) is 4.38. The Labute approximate surface area is 151 Å². The zero-order chi connectivity index (χ0) is 18.7. The van der Waals surface area contributed by atoms with E-state index in [1.165, 1.54) is 6.07 Å². The number of benzene rings is 2. The molecule has 1 heterocycles. The van der Waals surface area contributed by atoms with Gasteiger partial charge in [-0.1, -0.05) is 30.3 Å². The zero-order valence-electron chi connectivity index (χ0n) is 14.6. The zero-order valence-corrected chi connectivity index (χ0v) is 14.6. The second-order valence-corrected chi connectivity index (χ2v) is 6.24. The molecule has 136 valence electrons. The highest BCUT2D eigenvalue weighted by Gasteiger charge is 2.51. The highest BCUT2D eigenvalue weighted by atomic mass is 16.7. The third-order valence-corrected chi connectivity index (χ3v) is 4.38. The highest BCUT2D eigenvalue weighted by molar-refractivity contribution is 5.80. The molecule has 0 saturated carbocycles. The lowest BCUT2D eigenvalue weighted by Crippen LogP contribution is -2.38. The summed E-state index contributed by atoms with van der Waals surface area (Å²) in [6, 6.07) is 15.2. The number of hydrogen-bond acceptors (Lipinski definition) is 6. The average Bonchev–Trinajstić information content (AvgIpc) is 3.02. The summed E-state index contributed by atoms with van der Waals surface area (Å²) >= 11 is 0. The van der Waals surface area contributed by atoms with Crippen LogP contribution in [0.25, 0.3) is 0 Å². The van der Waals surface area contributed by atoms with Gasteiger partial charge in [0.1, 0.15) is 0 Å². The van der Waals surface area contributed by atoms with E-state index < -0.39 is 22.5 Å². The maximum Gasteiger partial charge on any atom is 0.340 e. The summed E-state index contributed by atoms with van der Waals surface area (Å²) < 4.78 is 5.15. The Bertz CT molecular complexity index is 811. The lowest BCUT2D eigenvalue weighted by atomic mass is 9.93. The van der Waals surface area contributed by atoms with Crippen molar-refractivity contribution in [3.63, 3.8) is 0 Å². The van der Waals surface area contributed by atoms with Crippen molar-refractivity contribution in [3.8, 4) is 0 Å². The fraction of sp³-hybridized carbons (Fsp3) is 0.316. The van der Waals surface area contributed by atoms with Crippen LogP contribution in [0.5, 0.6) is 0 Å². The van der Waals surface area contributed by atoms with Crippen LogP contribution in [0.15, 0.2) is 54.6 Å². The number of rotatable bonds is 5. The number of carbonyl (C=O) groups excluding carboxylic acids is 1. The van der Waals surface area contributed by atoms with Crippen molar-refractivity contribution in [1.29, 1.82) is 0 Å². The fourth-order valence-electron chi connectivity index (χ4n) is 3.15. The van der Waals surface area contributed by atoms with E-state index in [1.54, 1.807) is 37.1 Å². The molecular formula is C19H20N2O5. The van der Waals surface area contributed by atoms with Crippen LogP contribution in [-0.2, 0) is 14.4 Å². The van der Waals surface area contributed by atoms with E-state index in [9.17, 15) is 14.9 Å². The molecule has 3 rings (SSSR count). The number of esters is 1. The van der Waals surface area contributed by atoms with E-state index in [0.29, 0.717) is 11.3 Å². The second kappa shape index (κ2) is 7.13. The number of para-hydroxylation sites is 2. The number of hydrogen-bond donors (Lipinski definition) is 0. The standard InChI is InChI=1S/C19H20N2O5/c1-3-25-18(22)19(2)13-17(15-11-7-8-12-16(15)21(23)24)20(26-19)14-9-5-4-6-10-14/h4-12,17H,3,13H2,1-2H3/t17-,19+/m1/s1. The van der Waals surface area contributed by atoms with E-state index >= 15 is 0 Å². The predicted molar refractivity (Wildman–Crippen MR) is 95.5 cm³/mol. The normalized spacial score (nSPS) is 22.2. The molecule has 0 bridgehead atoms. The largest absolute Gasteiger partial charge is 0.464 e. The van der Waals surface area contributed by atoms with Crippen molar-refractivity contribution >= 4 is 17.3 Å². The van der Waals surface area contributed by atoms with Crippen LogP contribution in [0.4, 0.5) is 11.4 Å². The van der Waals surface area contributed by atoms with Crippen molar-refractivity contribution in [3.05, 3.63) is 70.3 Å². The van der Waals surface area contributed by atoms with Crippen LogP contribution in [0.2, 0.25) is 0 Å². The summed E-state index contributed by atoms with van der Waals surface area (Å²) in [5.41, 5.74) is -0.0200. The van der Waals surface area contributed by atoms with Crippen LogP contribution >= 0.6 is 0 Å². The van der Waals surface area contributed by atoms with E-state index in [-0.39, 0.29) is 18.7 Å². The third kappa shape index (κ3) is 3.25. The van der Waals surface area contributed by atoms with Gasteiger partial charge in [-0.05, 0) is 32.0 Å². The molecule has 26 heavy (non-hydrogen) atoms. The lowest BCUT2D eigenvalue weighted by molar-refractivity contribution is -0.385. The molecular weight excluding hydrogens is 336 g/mol. The van der Waals surface area contributed by atoms with E-state index in [2.05, 4.69) is 0 Å². The summed E-state index contributed by atoms with van der Waals surface area (Å²) in [6.07, 6.45) is 0.242. The highest BCUT2D eigenvalue weighted by Crippen LogP contribution is 2.45. The van der Waals surface area contributed by atoms with Crippen LogP contribution < -0.4 is 5.06 Å². The molecule has 2 aromatic rings. The maximum atomic E-state index is 12.4.